The van der Waals surface area contributed by atoms with E-state index in [9.17, 15) is 19.2 Å². The van der Waals surface area contributed by atoms with E-state index in [1.165, 1.54) is 6.92 Å². The van der Waals surface area contributed by atoms with Crippen molar-refractivity contribution in [2.75, 3.05) is 26.4 Å². The van der Waals surface area contributed by atoms with Gasteiger partial charge in [-0.1, -0.05) is 38.8 Å². The predicted molar refractivity (Wildman–Crippen MR) is 110 cm³/mol. The highest BCUT2D eigenvalue weighted by Crippen LogP contribution is 2.09. The molecule has 0 aliphatic rings. The van der Waals surface area contributed by atoms with Gasteiger partial charge >= 0.3 is 24.0 Å². The normalized spacial score (nSPS) is 10.5. The lowest BCUT2D eigenvalue weighted by Gasteiger charge is -2.29. The van der Waals surface area contributed by atoms with Crippen LogP contribution in [0.3, 0.4) is 0 Å². The van der Waals surface area contributed by atoms with Gasteiger partial charge in [0.1, 0.15) is 18.8 Å². The molecule has 1 amide bonds. The monoisotopic (exact) mass is 427 g/mol. The first-order chi connectivity index (χ1) is 14.2. The number of hydrogen-bond donors (Lipinski definition) is 1. The summed E-state index contributed by atoms with van der Waals surface area (Å²) in [6.45, 7) is 9.75. The summed E-state index contributed by atoms with van der Waals surface area (Å²) >= 11 is 0. The van der Waals surface area contributed by atoms with Gasteiger partial charge in [-0.05, 0) is 19.8 Å². The van der Waals surface area contributed by atoms with Gasteiger partial charge in [-0.2, -0.15) is 0 Å². The molecule has 0 aromatic heterocycles. The van der Waals surface area contributed by atoms with Crippen molar-refractivity contribution < 1.29 is 38.1 Å². The first kappa shape index (κ1) is 27.2. The third kappa shape index (κ3) is 15.1. The van der Waals surface area contributed by atoms with Crippen LogP contribution in [0.5, 0.6) is 0 Å². The number of alkyl carbamates (subject to hydrolysis) is 1. The van der Waals surface area contributed by atoms with E-state index in [1.807, 2.05) is 0 Å². The number of nitrogens with one attached hydrogen (secondary N) is 1. The topological polar surface area (TPSA) is 117 Å². The van der Waals surface area contributed by atoms with Crippen molar-refractivity contribution in [1.29, 1.82) is 0 Å². The number of esters is 3. The van der Waals surface area contributed by atoms with Crippen molar-refractivity contribution in [2.24, 2.45) is 0 Å². The third-order valence-corrected chi connectivity index (χ3v) is 3.88. The molecule has 0 unspecified atom stereocenters. The van der Waals surface area contributed by atoms with Crippen molar-refractivity contribution in [3.63, 3.8) is 0 Å². The third-order valence-electron chi connectivity index (χ3n) is 3.88. The number of rotatable bonds is 16. The maximum Gasteiger partial charge on any atom is 0.407 e. The Morgan fingerprint density at radius 2 is 1.20 bits per heavy atom. The van der Waals surface area contributed by atoms with Gasteiger partial charge in [0, 0.05) is 19.1 Å². The Morgan fingerprint density at radius 3 is 1.63 bits per heavy atom. The Kier molecular flexibility index (Phi) is 14.5. The second-order valence-electron chi connectivity index (χ2n) is 6.91. The fourth-order valence-electron chi connectivity index (χ4n) is 2.27. The Hall–Kier alpha value is -2.84. The Balaban J connectivity index is 4.14. The zero-order valence-electron chi connectivity index (χ0n) is 17.9. The highest BCUT2D eigenvalue weighted by Gasteiger charge is 2.30. The maximum atomic E-state index is 12.1. The van der Waals surface area contributed by atoms with Gasteiger partial charge in [0.25, 0.3) is 0 Å². The van der Waals surface area contributed by atoms with Crippen LogP contribution in [-0.2, 0) is 33.3 Å². The van der Waals surface area contributed by atoms with Crippen LogP contribution in [0.15, 0.2) is 25.3 Å². The van der Waals surface area contributed by atoms with E-state index in [0.29, 0.717) is 13.0 Å². The van der Waals surface area contributed by atoms with Gasteiger partial charge in [0.15, 0.2) is 0 Å². The van der Waals surface area contributed by atoms with E-state index >= 15 is 0 Å². The highest BCUT2D eigenvalue weighted by atomic mass is 16.6. The fourth-order valence-corrected chi connectivity index (χ4v) is 2.27. The number of carbonyl (C=O) groups excluding carboxylic acids is 4. The average Bonchev–Trinajstić information content (AvgIpc) is 2.71. The molecule has 1 N–H and O–H groups in total. The molecule has 0 atom stereocenters. The lowest BCUT2D eigenvalue weighted by Crippen LogP contribution is -2.53. The lowest BCUT2D eigenvalue weighted by atomic mass is 10.1. The van der Waals surface area contributed by atoms with E-state index in [-0.39, 0.29) is 25.8 Å². The summed E-state index contributed by atoms with van der Waals surface area (Å²) in [7, 11) is 0. The molecule has 0 radical (unpaired) electrons. The van der Waals surface area contributed by atoms with Crippen LogP contribution in [0.4, 0.5) is 4.79 Å². The molecule has 9 nitrogen and oxygen atoms in total. The summed E-state index contributed by atoms with van der Waals surface area (Å²) in [5.41, 5.74) is -1.17. The molecule has 0 rings (SSSR count). The Morgan fingerprint density at radius 1 is 0.767 bits per heavy atom. The molecule has 0 heterocycles. The van der Waals surface area contributed by atoms with Crippen LogP contribution < -0.4 is 5.32 Å². The summed E-state index contributed by atoms with van der Waals surface area (Å²) in [4.78, 5) is 45.3. The van der Waals surface area contributed by atoms with Crippen LogP contribution in [0, 0.1) is 0 Å². The zero-order chi connectivity index (χ0) is 22.8. The second-order valence-corrected chi connectivity index (χ2v) is 6.91. The van der Waals surface area contributed by atoms with E-state index in [2.05, 4.69) is 18.5 Å². The minimum atomic E-state index is -1.17. The largest absolute Gasteiger partial charge is 0.466 e. The molecule has 0 bridgehead atoms. The van der Waals surface area contributed by atoms with Gasteiger partial charge in [-0.3, -0.25) is 4.79 Å². The molecule has 30 heavy (non-hydrogen) atoms. The number of hydrogen-bond acceptors (Lipinski definition) is 8. The Labute approximate surface area is 177 Å². The summed E-state index contributed by atoms with van der Waals surface area (Å²) in [5.74, 6) is -1.60. The highest BCUT2D eigenvalue weighted by molar-refractivity contribution is 5.82. The molecule has 170 valence electrons. The van der Waals surface area contributed by atoms with Crippen molar-refractivity contribution in [3.8, 4) is 0 Å². The molecule has 0 aliphatic heterocycles. The number of unbranched alkanes of at least 4 members (excludes halogenated alkanes) is 5. The van der Waals surface area contributed by atoms with Gasteiger partial charge in [-0.15, -0.1) is 0 Å². The maximum absolute atomic E-state index is 12.1. The van der Waals surface area contributed by atoms with Crippen LogP contribution in [0.25, 0.3) is 0 Å². The molecule has 9 heteroatoms. The van der Waals surface area contributed by atoms with Crippen LogP contribution >= 0.6 is 0 Å². The second kappa shape index (κ2) is 16.0. The van der Waals surface area contributed by atoms with Crippen molar-refractivity contribution >= 4 is 24.0 Å². The van der Waals surface area contributed by atoms with E-state index < -0.39 is 23.6 Å². The molecule has 0 aromatic carbocycles. The van der Waals surface area contributed by atoms with Gasteiger partial charge < -0.3 is 24.3 Å². The van der Waals surface area contributed by atoms with Gasteiger partial charge in [0.2, 0.25) is 0 Å². The first-order valence-electron chi connectivity index (χ1n) is 9.89. The smallest absolute Gasteiger partial charge is 0.407 e. The summed E-state index contributed by atoms with van der Waals surface area (Å²) in [6, 6.07) is 0. The van der Waals surface area contributed by atoms with Crippen molar-refractivity contribution in [3.05, 3.63) is 25.3 Å². The summed E-state index contributed by atoms with van der Waals surface area (Å²) < 4.78 is 19.9. The molecule has 0 saturated carbocycles. The van der Waals surface area contributed by atoms with Gasteiger partial charge in [-0.25, -0.2) is 14.4 Å². The summed E-state index contributed by atoms with van der Waals surface area (Å²) in [5, 5.41) is 2.56. The molecule has 0 spiro atoms. The molecular weight excluding hydrogens is 394 g/mol. The van der Waals surface area contributed by atoms with E-state index in [4.69, 9.17) is 18.9 Å². The molecule has 0 aliphatic carbocycles. The van der Waals surface area contributed by atoms with Crippen molar-refractivity contribution in [2.45, 2.75) is 57.9 Å². The first-order valence-corrected chi connectivity index (χ1v) is 9.89. The van der Waals surface area contributed by atoms with Gasteiger partial charge in [0.05, 0.1) is 13.2 Å². The van der Waals surface area contributed by atoms with Crippen LogP contribution in [-0.4, -0.2) is 56.0 Å². The van der Waals surface area contributed by atoms with E-state index in [1.54, 1.807) is 6.92 Å². The number of amides is 1. The fraction of sp³-hybridized carbons (Fsp3) is 0.619. The standard InChI is InChI=1S/C21H33NO8/c1-5-18(24)29-15-21(4,16-30-19(25)6-2)22-20(26)28-14-12-10-8-7-9-11-13-27-17(3)23/h5-6H,1-2,7-16H2,3-4H3,(H,22,26). The van der Waals surface area contributed by atoms with Crippen LogP contribution in [0.2, 0.25) is 0 Å². The minimum Gasteiger partial charge on any atom is -0.466 e. The predicted octanol–water partition coefficient (Wildman–Crippen LogP) is 2.83. The summed E-state index contributed by atoms with van der Waals surface area (Å²) in [6.07, 6.45) is 6.67. The molecule has 0 aromatic rings. The quantitative estimate of drug-likeness (QED) is 0.173. The SMILES string of the molecule is C=CC(=O)OCC(C)(COC(=O)C=C)NC(=O)OCCCCCCCCOC(C)=O. The molecule has 0 fully saturated rings. The number of carbonyl (C=O) groups is 4. The Bertz CT molecular complexity index is 564. The average molecular weight is 427 g/mol. The lowest BCUT2D eigenvalue weighted by molar-refractivity contribution is -0.144. The van der Waals surface area contributed by atoms with Crippen LogP contribution in [0.1, 0.15) is 52.4 Å². The van der Waals surface area contributed by atoms with Crippen molar-refractivity contribution in [1.82, 2.24) is 5.32 Å². The molecule has 0 saturated heterocycles. The van der Waals surface area contributed by atoms with E-state index in [0.717, 1.165) is 44.3 Å². The number of ether oxygens (including phenoxy) is 4. The molecular formula is C21H33NO8. The minimum absolute atomic E-state index is 0.230. The zero-order valence-corrected chi connectivity index (χ0v) is 17.9.